The Hall–Kier alpha value is -2.02. The number of amides is 3. The molecule has 1 atom stereocenters. The summed E-state index contributed by atoms with van der Waals surface area (Å²) in [5.74, 6) is -2.29. The highest BCUT2D eigenvalue weighted by Gasteiger charge is 2.15. The summed E-state index contributed by atoms with van der Waals surface area (Å²) in [5.41, 5.74) is 0.563. The highest BCUT2D eigenvalue weighted by atomic mass is 19.2. The number of carbonyl (C=O) groups excluding carboxylic acids is 2. The maximum Gasteiger partial charge on any atom is 0.321 e. The molecule has 0 bridgehead atoms. The first-order chi connectivity index (χ1) is 9.79. The Labute approximate surface area is 122 Å². The molecule has 21 heavy (non-hydrogen) atoms. The molecule has 7 heteroatoms. The van der Waals surface area contributed by atoms with E-state index in [9.17, 15) is 18.4 Å². The Morgan fingerprint density at radius 2 is 1.86 bits per heavy atom. The minimum Gasteiger partial charge on any atom is -0.336 e. The van der Waals surface area contributed by atoms with E-state index in [0.717, 1.165) is 12.1 Å². The van der Waals surface area contributed by atoms with Crippen molar-refractivity contribution in [2.45, 2.75) is 32.9 Å². The molecule has 1 aromatic rings. The fourth-order valence-electron chi connectivity index (χ4n) is 1.69. The predicted molar refractivity (Wildman–Crippen MR) is 73.4 cm³/mol. The average molecular weight is 300 g/mol. The van der Waals surface area contributed by atoms with Crippen molar-refractivity contribution < 1.29 is 23.7 Å². The zero-order valence-electron chi connectivity index (χ0n) is 12.2. The van der Waals surface area contributed by atoms with Crippen molar-refractivity contribution in [2.24, 2.45) is 0 Å². The van der Waals surface area contributed by atoms with Crippen LogP contribution in [0, 0.1) is 11.6 Å². The van der Waals surface area contributed by atoms with Gasteiger partial charge in [0.1, 0.15) is 6.04 Å². The molecule has 0 aliphatic rings. The Bertz CT molecular complexity index is 521. The Morgan fingerprint density at radius 1 is 1.19 bits per heavy atom. The third-order valence-electron chi connectivity index (χ3n) is 2.80. The average Bonchev–Trinajstić information content (AvgIpc) is 2.38. The number of benzene rings is 1. The Balaban J connectivity index is 2.45. The third kappa shape index (κ3) is 5.86. The van der Waals surface area contributed by atoms with Gasteiger partial charge in [0.2, 0.25) is 0 Å². The van der Waals surface area contributed by atoms with Crippen LogP contribution in [0.1, 0.15) is 32.4 Å². The molecule has 0 aliphatic heterocycles. The van der Waals surface area contributed by atoms with Crippen LogP contribution in [0.5, 0.6) is 0 Å². The van der Waals surface area contributed by atoms with Gasteiger partial charge in [-0.25, -0.2) is 13.6 Å². The first-order valence-electron chi connectivity index (χ1n) is 6.68. The number of nitrogens with one attached hydrogen (secondary N) is 2. The van der Waals surface area contributed by atoms with E-state index >= 15 is 0 Å². The number of quaternary nitrogens is 1. The van der Waals surface area contributed by atoms with E-state index < -0.39 is 23.6 Å². The second-order valence-electron chi connectivity index (χ2n) is 5.08. The van der Waals surface area contributed by atoms with Crippen LogP contribution < -0.4 is 16.0 Å². The molecule has 116 valence electrons. The number of nitrogens with two attached hydrogens (primary N) is 1. The van der Waals surface area contributed by atoms with E-state index in [1.807, 2.05) is 0 Å². The van der Waals surface area contributed by atoms with Gasteiger partial charge in [0.15, 0.2) is 18.2 Å². The highest BCUT2D eigenvalue weighted by molar-refractivity contribution is 5.94. The Kier molecular flexibility index (Phi) is 6.23. The summed E-state index contributed by atoms with van der Waals surface area (Å²) in [6.45, 7) is 5.32. The second-order valence-corrected chi connectivity index (χ2v) is 5.08. The van der Waals surface area contributed by atoms with Crippen molar-refractivity contribution in [1.82, 2.24) is 10.6 Å². The molecule has 0 unspecified atom stereocenters. The maximum atomic E-state index is 13.1. The summed E-state index contributed by atoms with van der Waals surface area (Å²) < 4.78 is 25.9. The smallest absolute Gasteiger partial charge is 0.321 e. The number of halogens is 2. The van der Waals surface area contributed by atoms with Gasteiger partial charge in [-0.15, -0.1) is 0 Å². The number of hydrogen-bond donors (Lipinski definition) is 3. The lowest BCUT2D eigenvalue weighted by Crippen LogP contribution is -2.87. The van der Waals surface area contributed by atoms with Gasteiger partial charge in [-0.1, -0.05) is 0 Å². The SMILES string of the molecule is CC(C)NC(=O)NC(=O)C[NH2+][C@@H](C)c1ccc(F)c(F)c1. The molecular formula is C14H20F2N3O2+. The van der Waals surface area contributed by atoms with Gasteiger partial charge in [0.05, 0.1) is 0 Å². The maximum absolute atomic E-state index is 13.1. The third-order valence-corrected chi connectivity index (χ3v) is 2.80. The summed E-state index contributed by atoms with van der Waals surface area (Å²) in [4.78, 5) is 22.9. The quantitative estimate of drug-likeness (QED) is 0.753. The van der Waals surface area contributed by atoms with Gasteiger partial charge in [-0.3, -0.25) is 10.1 Å². The van der Waals surface area contributed by atoms with Gasteiger partial charge in [-0.05, 0) is 39.0 Å². The molecule has 0 saturated heterocycles. The largest absolute Gasteiger partial charge is 0.336 e. The first kappa shape index (κ1) is 17.0. The molecule has 0 heterocycles. The molecule has 0 aliphatic carbocycles. The fourth-order valence-corrected chi connectivity index (χ4v) is 1.69. The predicted octanol–water partition coefficient (Wildman–Crippen LogP) is 0.823. The number of hydrogen-bond acceptors (Lipinski definition) is 2. The molecule has 0 saturated carbocycles. The van der Waals surface area contributed by atoms with Gasteiger partial charge in [-0.2, -0.15) is 0 Å². The van der Waals surface area contributed by atoms with Crippen molar-refractivity contribution in [2.75, 3.05) is 6.54 Å². The van der Waals surface area contributed by atoms with Crippen LogP contribution >= 0.6 is 0 Å². The number of imide groups is 1. The van der Waals surface area contributed by atoms with Crippen LogP contribution in [0.2, 0.25) is 0 Å². The minimum atomic E-state index is -0.923. The molecule has 4 N–H and O–H groups in total. The minimum absolute atomic E-state index is 0.00563. The molecule has 0 spiro atoms. The topological polar surface area (TPSA) is 74.8 Å². The fraction of sp³-hybridized carbons (Fsp3) is 0.429. The van der Waals surface area contributed by atoms with Crippen molar-refractivity contribution in [3.63, 3.8) is 0 Å². The van der Waals surface area contributed by atoms with Crippen molar-refractivity contribution >= 4 is 11.9 Å². The van der Waals surface area contributed by atoms with E-state index in [4.69, 9.17) is 0 Å². The monoisotopic (exact) mass is 300 g/mol. The highest BCUT2D eigenvalue weighted by Crippen LogP contribution is 2.12. The number of carbonyl (C=O) groups is 2. The summed E-state index contributed by atoms with van der Waals surface area (Å²) in [5, 5.41) is 6.34. The van der Waals surface area contributed by atoms with Crippen LogP contribution in [-0.2, 0) is 4.79 Å². The van der Waals surface area contributed by atoms with E-state index in [-0.39, 0.29) is 18.6 Å². The lowest BCUT2D eigenvalue weighted by atomic mass is 10.1. The van der Waals surface area contributed by atoms with Crippen LogP contribution in [0.15, 0.2) is 18.2 Å². The van der Waals surface area contributed by atoms with Crippen molar-refractivity contribution in [3.8, 4) is 0 Å². The molecule has 0 fully saturated rings. The number of rotatable bonds is 5. The zero-order valence-corrected chi connectivity index (χ0v) is 12.2. The van der Waals surface area contributed by atoms with Crippen molar-refractivity contribution in [3.05, 3.63) is 35.4 Å². The Morgan fingerprint density at radius 3 is 2.43 bits per heavy atom. The normalized spacial score (nSPS) is 12.1. The van der Waals surface area contributed by atoms with Crippen LogP contribution in [0.4, 0.5) is 13.6 Å². The zero-order chi connectivity index (χ0) is 16.0. The molecule has 1 aromatic carbocycles. The van der Waals surface area contributed by atoms with E-state index in [1.54, 1.807) is 26.1 Å². The van der Waals surface area contributed by atoms with Crippen LogP contribution in [-0.4, -0.2) is 24.5 Å². The van der Waals surface area contributed by atoms with Gasteiger partial charge >= 0.3 is 6.03 Å². The van der Waals surface area contributed by atoms with Crippen molar-refractivity contribution in [1.29, 1.82) is 0 Å². The van der Waals surface area contributed by atoms with Gasteiger partial charge in [0.25, 0.3) is 5.91 Å². The first-order valence-corrected chi connectivity index (χ1v) is 6.68. The second kappa shape index (κ2) is 7.68. The summed E-state index contributed by atoms with van der Waals surface area (Å²) in [6.07, 6.45) is 0. The molecule has 1 rings (SSSR count). The van der Waals surface area contributed by atoms with Crippen LogP contribution in [0.25, 0.3) is 0 Å². The lowest BCUT2D eigenvalue weighted by Gasteiger charge is -2.12. The molecule has 0 radical (unpaired) electrons. The molecule has 3 amide bonds. The summed E-state index contributed by atoms with van der Waals surface area (Å²) in [6, 6.07) is 2.75. The standard InChI is InChI=1S/C14H19F2N3O2/c1-8(2)18-14(21)19-13(20)7-17-9(3)10-4-5-11(15)12(16)6-10/h4-6,8-9,17H,7H2,1-3H3,(H2,18,19,20,21)/p+1/t9-/m0/s1. The van der Waals surface area contributed by atoms with E-state index in [2.05, 4.69) is 10.6 Å². The van der Waals surface area contributed by atoms with Gasteiger partial charge in [0, 0.05) is 11.6 Å². The van der Waals surface area contributed by atoms with E-state index in [0.29, 0.717) is 5.56 Å². The molecular weight excluding hydrogens is 280 g/mol. The molecule has 5 nitrogen and oxygen atoms in total. The summed E-state index contributed by atoms with van der Waals surface area (Å²) >= 11 is 0. The molecule has 0 aromatic heterocycles. The lowest BCUT2D eigenvalue weighted by molar-refractivity contribution is -0.682. The van der Waals surface area contributed by atoms with Gasteiger partial charge < -0.3 is 10.6 Å². The van der Waals surface area contributed by atoms with E-state index in [1.165, 1.54) is 6.07 Å². The summed E-state index contributed by atoms with van der Waals surface area (Å²) in [7, 11) is 0. The van der Waals surface area contributed by atoms with Crippen LogP contribution in [0.3, 0.4) is 0 Å². The number of urea groups is 1.